The number of rotatable bonds is 33. The van der Waals surface area contributed by atoms with E-state index in [4.69, 9.17) is 4.98 Å². The monoisotopic (exact) mass is 697 g/mol. The Morgan fingerprint density at radius 3 is 1.39 bits per heavy atom. The fourth-order valence-electron chi connectivity index (χ4n) is 8.48. The Labute approximate surface area is 317 Å². The molecule has 2 nitrogen and oxygen atoms in total. The van der Waals surface area contributed by atoms with Crippen LogP contribution in [0.2, 0.25) is 0 Å². The number of benzene rings is 2. The molecule has 0 N–H and O–H groups in total. The molecule has 0 aliphatic rings. The molecule has 0 radical (unpaired) electrons. The van der Waals surface area contributed by atoms with Gasteiger partial charge in [-0.25, -0.2) is 4.98 Å². The van der Waals surface area contributed by atoms with Crippen LogP contribution in [0.4, 0.5) is 0 Å². The molecule has 2 heteroatoms. The number of aryl methyl sites for hydroxylation is 1. The first kappa shape index (κ1) is 43.1. The highest BCUT2D eigenvalue weighted by Gasteiger charge is 2.39. The van der Waals surface area contributed by atoms with Crippen LogP contribution >= 0.6 is 0 Å². The molecule has 1 aromatic heterocycles. The highest BCUT2D eigenvalue weighted by Crippen LogP contribution is 2.44. The van der Waals surface area contributed by atoms with E-state index in [0.29, 0.717) is 5.92 Å². The van der Waals surface area contributed by atoms with E-state index < -0.39 is 0 Å². The molecule has 0 aliphatic carbocycles. The fraction of sp³-hybridized carbons (Fsp3) is 0.694. The first-order valence-corrected chi connectivity index (χ1v) is 22.3. The van der Waals surface area contributed by atoms with Crippen LogP contribution in [0.5, 0.6) is 0 Å². The number of unbranched alkanes of at least 4 members (excludes halogenated alkanes) is 24. The second kappa shape index (κ2) is 28.2. The van der Waals surface area contributed by atoms with Gasteiger partial charge >= 0.3 is 0 Å². The fourth-order valence-corrected chi connectivity index (χ4v) is 8.48. The van der Waals surface area contributed by atoms with Crippen LogP contribution in [0.15, 0.2) is 73.1 Å². The molecule has 3 aromatic rings. The maximum Gasteiger partial charge on any atom is 0.112 e. The first-order valence-electron chi connectivity index (χ1n) is 22.3. The van der Waals surface area contributed by atoms with Gasteiger partial charge in [-0.05, 0) is 30.4 Å². The predicted molar refractivity (Wildman–Crippen MR) is 225 cm³/mol. The van der Waals surface area contributed by atoms with Gasteiger partial charge in [-0.3, -0.25) is 0 Å². The van der Waals surface area contributed by atoms with Gasteiger partial charge in [-0.2, -0.15) is 0 Å². The topological polar surface area (TPSA) is 17.8 Å². The van der Waals surface area contributed by atoms with E-state index in [0.717, 1.165) is 13.0 Å². The lowest BCUT2D eigenvalue weighted by atomic mass is 9.66. The van der Waals surface area contributed by atoms with E-state index in [2.05, 4.69) is 98.4 Å². The van der Waals surface area contributed by atoms with Crippen LogP contribution in [-0.4, -0.2) is 9.55 Å². The maximum absolute atomic E-state index is 5.17. The van der Waals surface area contributed by atoms with Crippen LogP contribution in [-0.2, 0) is 18.4 Å². The van der Waals surface area contributed by atoms with Crippen molar-refractivity contribution in [2.24, 2.45) is 0 Å². The summed E-state index contributed by atoms with van der Waals surface area (Å²) in [7, 11) is 0. The van der Waals surface area contributed by atoms with Gasteiger partial charge in [0.15, 0.2) is 0 Å². The Morgan fingerprint density at radius 1 is 0.510 bits per heavy atom. The van der Waals surface area contributed by atoms with Gasteiger partial charge in [0.05, 0.1) is 0 Å². The Bertz CT molecular complexity index is 1180. The van der Waals surface area contributed by atoms with E-state index in [1.165, 1.54) is 190 Å². The molecule has 51 heavy (non-hydrogen) atoms. The molecule has 2 atom stereocenters. The molecule has 0 spiro atoms. The summed E-state index contributed by atoms with van der Waals surface area (Å²) in [4.78, 5) is 5.17. The lowest BCUT2D eigenvalue weighted by molar-refractivity contribution is 0.321. The molecule has 0 fully saturated rings. The van der Waals surface area contributed by atoms with Crippen molar-refractivity contribution in [3.63, 3.8) is 0 Å². The average molecular weight is 697 g/mol. The molecule has 0 saturated heterocycles. The van der Waals surface area contributed by atoms with Crippen molar-refractivity contribution < 1.29 is 0 Å². The van der Waals surface area contributed by atoms with Gasteiger partial charge < -0.3 is 4.57 Å². The van der Waals surface area contributed by atoms with Crippen molar-refractivity contribution >= 4 is 0 Å². The van der Waals surface area contributed by atoms with Gasteiger partial charge in [0.2, 0.25) is 0 Å². The lowest BCUT2D eigenvalue weighted by Crippen LogP contribution is -2.35. The highest BCUT2D eigenvalue weighted by atomic mass is 15.1. The van der Waals surface area contributed by atoms with Crippen molar-refractivity contribution in [2.45, 2.75) is 218 Å². The Morgan fingerprint density at radius 2 is 0.922 bits per heavy atom. The average Bonchev–Trinajstić information content (AvgIpc) is 3.62. The second-order valence-corrected chi connectivity index (χ2v) is 16.3. The smallest absolute Gasteiger partial charge is 0.112 e. The van der Waals surface area contributed by atoms with E-state index in [1.807, 2.05) is 0 Å². The maximum atomic E-state index is 5.17. The van der Waals surface area contributed by atoms with Gasteiger partial charge in [0, 0.05) is 30.3 Å². The summed E-state index contributed by atoms with van der Waals surface area (Å²) in [5.74, 6) is 1.69. The van der Waals surface area contributed by atoms with Crippen LogP contribution in [0, 0.1) is 0 Å². The summed E-state index contributed by atoms with van der Waals surface area (Å²) in [6, 6.07) is 22.6. The SMILES string of the molecule is CCCCCCCCCCCCCCCCn1ccnc1C(CCCCCCCCCCCCCC)C(C)(Cc1ccccc1)c1ccccc1. The number of hydrogen-bond donors (Lipinski definition) is 0. The highest BCUT2D eigenvalue weighted by molar-refractivity contribution is 5.33. The third-order valence-corrected chi connectivity index (χ3v) is 11.8. The third kappa shape index (κ3) is 17.8. The van der Waals surface area contributed by atoms with E-state index in [1.54, 1.807) is 0 Å². The summed E-state index contributed by atoms with van der Waals surface area (Å²) >= 11 is 0. The van der Waals surface area contributed by atoms with Crippen molar-refractivity contribution in [2.75, 3.05) is 0 Å². The van der Waals surface area contributed by atoms with E-state index in [9.17, 15) is 0 Å². The molecule has 2 aromatic carbocycles. The number of hydrogen-bond acceptors (Lipinski definition) is 1. The minimum atomic E-state index is -0.0288. The minimum Gasteiger partial charge on any atom is -0.335 e. The van der Waals surface area contributed by atoms with E-state index in [-0.39, 0.29) is 5.41 Å². The first-order chi connectivity index (χ1) is 25.2. The summed E-state index contributed by atoms with van der Waals surface area (Å²) in [5.41, 5.74) is 2.84. The van der Waals surface area contributed by atoms with Crippen LogP contribution < -0.4 is 0 Å². The molecule has 1 heterocycles. The number of aromatic nitrogens is 2. The molecule has 2 unspecified atom stereocenters. The Kier molecular flexibility index (Phi) is 23.8. The summed E-state index contributed by atoms with van der Waals surface area (Å²) < 4.78 is 2.54. The summed E-state index contributed by atoms with van der Waals surface area (Å²) in [6.07, 6.45) is 43.0. The van der Waals surface area contributed by atoms with Gasteiger partial charge in [0.25, 0.3) is 0 Å². The predicted octanol–water partition coefficient (Wildman–Crippen LogP) is 15.7. The molecule has 286 valence electrons. The van der Waals surface area contributed by atoms with Gasteiger partial charge in [-0.15, -0.1) is 0 Å². The Hall–Kier alpha value is -2.35. The number of nitrogens with zero attached hydrogens (tertiary/aromatic N) is 2. The largest absolute Gasteiger partial charge is 0.335 e. The van der Waals surface area contributed by atoms with Gasteiger partial charge in [-0.1, -0.05) is 242 Å². The van der Waals surface area contributed by atoms with Crippen LogP contribution in [0.3, 0.4) is 0 Å². The molecule has 3 rings (SSSR count). The molecular formula is C49H80N2. The van der Waals surface area contributed by atoms with E-state index >= 15 is 0 Å². The van der Waals surface area contributed by atoms with Crippen molar-refractivity contribution in [1.29, 1.82) is 0 Å². The Balaban J connectivity index is 1.53. The van der Waals surface area contributed by atoms with Gasteiger partial charge in [0.1, 0.15) is 5.82 Å². The lowest BCUT2D eigenvalue weighted by Gasteiger charge is -2.39. The zero-order valence-electron chi connectivity index (χ0n) is 33.9. The van der Waals surface area contributed by atoms with Crippen molar-refractivity contribution in [3.05, 3.63) is 90.0 Å². The molecule has 0 saturated carbocycles. The second-order valence-electron chi connectivity index (χ2n) is 16.3. The standard InChI is InChI=1S/C49H80N2/c1-4-6-8-10-12-14-16-18-19-21-23-25-27-35-42-51-43-41-50-48(51)47(40-34-26-24-22-20-17-15-13-11-9-7-5-2)49(3,46-38-32-29-33-39-46)44-45-36-30-28-31-37-45/h28-33,36-39,41,43,47H,4-27,34-35,40,42,44H2,1-3H3. The normalized spacial score (nSPS) is 13.4. The minimum absolute atomic E-state index is 0.0288. The van der Waals surface area contributed by atoms with Crippen LogP contribution in [0.25, 0.3) is 0 Å². The van der Waals surface area contributed by atoms with Crippen molar-refractivity contribution in [3.8, 4) is 0 Å². The zero-order chi connectivity index (χ0) is 36.1. The summed E-state index contributed by atoms with van der Waals surface area (Å²) in [6.45, 7) is 8.25. The third-order valence-electron chi connectivity index (χ3n) is 11.8. The molecular weight excluding hydrogens is 617 g/mol. The number of imidazole rings is 1. The van der Waals surface area contributed by atoms with Crippen molar-refractivity contribution in [1.82, 2.24) is 9.55 Å². The molecule has 0 bridgehead atoms. The molecule has 0 amide bonds. The quantitative estimate of drug-likeness (QED) is 0.0580. The zero-order valence-corrected chi connectivity index (χ0v) is 33.9. The summed E-state index contributed by atoms with van der Waals surface area (Å²) in [5, 5.41) is 0. The van der Waals surface area contributed by atoms with Crippen LogP contribution in [0.1, 0.15) is 217 Å². The molecule has 0 aliphatic heterocycles.